The third-order valence-corrected chi connectivity index (χ3v) is 20.9. The van der Waals surface area contributed by atoms with Crippen molar-refractivity contribution in [3.63, 3.8) is 0 Å². The minimum absolute atomic E-state index is 0.676. The highest BCUT2D eigenvalue weighted by Gasteiger charge is 2.36. The number of allylic oxidation sites excluding steroid dienone is 8. The molecule has 2 unspecified atom stereocenters. The molecule has 0 saturated heterocycles. The maximum atomic E-state index is 13.2. The molecule has 92 heavy (non-hydrogen) atoms. The fraction of sp³-hybridized carbons (Fsp3) is 0.756. The first-order valence-corrected chi connectivity index (χ1v) is 41.6. The van der Waals surface area contributed by atoms with Gasteiger partial charge in [-0.1, -0.05) is 410 Å². The molecule has 2 nitrogen and oxygen atoms in total. The van der Waals surface area contributed by atoms with Gasteiger partial charge in [0.15, 0.2) is 0 Å². The van der Waals surface area contributed by atoms with Crippen LogP contribution in [0, 0.1) is 11.8 Å². The smallest absolute Gasteiger partial charge is 0.215 e. The molecule has 2 atom stereocenters. The Morgan fingerprint density at radius 2 is 0.587 bits per heavy atom. The van der Waals surface area contributed by atoms with E-state index in [1.165, 1.54) is 380 Å². The monoisotopic (exact) mass is 1260 g/mol. The van der Waals surface area contributed by atoms with Gasteiger partial charge >= 0.3 is 0 Å². The Labute approximate surface area is 575 Å². The van der Waals surface area contributed by atoms with Gasteiger partial charge in [-0.05, 0) is 125 Å². The zero-order chi connectivity index (χ0) is 65.7. The van der Waals surface area contributed by atoms with E-state index < -0.39 is 0 Å². The predicted octanol–water partition coefficient (Wildman–Crippen LogP) is 31.6. The highest BCUT2D eigenvalue weighted by molar-refractivity contribution is 5.85. The first-order valence-electron chi connectivity index (χ1n) is 41.6. The quantitative estimate of drug-likeness (QED) is 0.0358. The first kappa shape index (κ1) is 83.0. The maximum Gasteiger partial charge on any atom is 0.215 e. The molecule has 0 radical (unpaired) electrons. The van der Waals surface area contributed by atoms with E-state index in [0.29, 0.717) is 11.8 Å². The molecule has 2 aromatic carbocycles. The van der Waals surface area contributed by atoms with Crippen LogP contribution in [0.4, 0.5) is 0 Å². The van der Waals surface area contributed by atoms with Crippen molar-refractivity contribution in [1.82, 2.24) is 0 Å². The summed E-state index contributed by atoms with van der Waals surface area (Å²) < 4.78 is 1.69. The van der Waals surface area contributed by atoms with Crippen molar-refractivity contribution in [2.75, 3.05) is 0 Å². The maximum absolute atomic E-state index is 13.2. The highest BCUT2D eigenvalue weighted by Crippen LogP contribution is 2.45. The van der Waals surface area contributed by atoms with Crippen LogP contribution in [0.15, 0.2) is 96.1 Å². The molecule has 1 heterocycles. The second-order valence-corrected chi connectivity index (χ2v) is 29.4. The molecule has 0 amide bonds. The summed E-state index contributed by atoms with van der Waals surface area (Å²) in [4.78, 5) is 0. The Morgan fingerprint density at radius 3 is 0.924 bits per heavy atom. The van der Waals surface area contributed by atoms with Gasteiger partial charge in [-0.15, -0.1) is 0 Å². The van der Waals surface area contributed by atoms with E-state index in [0.717, 1.165) is 49.9 Å². The fourth-order valence-electron chi connectivity index (χ4n) is 14.7. The van der Waals surface area contributed by atoms with Gasteiger partial charge in [-0.3, -0.25) is 0 Å². The van der Waals surface area contributed by atoms with Crippen LogP contribution < -0.4 is 0 Å². The van der Waals surface area contributed by atoms with Crippen molar-refractivity contribution in [3.8, 4) is 0 Å². The lowest BCUT2D eigenvalue weighted by atomic mass is 9.88. The lowest BCUT2D eigenvalue weighted by Gasteiger charge is -2.18. The van der Waals surface area contributed by atoms with Gasteiger partial charge in [-0.25, -0.2) is 4.70 Å². The second-order valence-electron chi connectivity index (χ2n) is 29.4. The molecule has 1 aliphatic rings. The third-order valence-electron chi connectivity index (χ3n) is 20.9. The zero-order valence-corrected chi connectivity index (χ0v) is 62.6. The predicted molar refractivity (Wildman–Crippen MR) is 414 cm³/mol. The van der Waals surface area contributed by atoms with E-state index in [2.05, 4.69) is 127 Å². The van der Waals surface area contributed by atoms with Crippen molar-refractivity contribution in [2.24, 2.45) is 11.8 Å². The van der Waals surface area contributed by atoms with Gasteiger partial charge in [-0.2, -0.15) is 0 Å². The van der Waals surface area contributed by atoms with Crippen LogP contribution in [0.3, 0.4) is 0 Å². The van der Waals surface area contributed by atoms with Crippen LogP contribution in [0.1, 0.15) is 436 Å². The van der Waals surface area contributed by atoms with Crippen molar-refractivity contribution in [2.45, 2.75) is 427 Å². The van der Waals surface area contributed by atoms with Crippen molar-refractivity contribution in [1.29, 1.82) is 0 Å². The molecular weight excluding hydrogens is 1110 g/mol. The van der Waals surface area contributed by atoms with Crippen LogP contribution >= 0.6 is 0 Å². The van der Waals surface area contributed by atoms with Crippen LogP contribution in [-0.4, -0.2) is 4.70 Å². The average Bonchev–Trinajstić information content (AvgIpc) is 1.62. The molecule has 1 aliphatic heterocycles. The fourth-order valence-corrected chi connectivity index (χ4v) is 14.7. The molecule has 0 bridgehead atoms. The Hall–Kier alpha value is -3.26. The van der Waals surface area contributed by atoms with Gasteiger partial charge in [0.05, 0.1) is 5.57 Å². The Kier molecular flexibility index (Phi) is 55.3. The number of unbranched alkanes of at least 4 members (excludes halogenated alkanes) is 45. The lowest BCUT2D eigenvalue weighted by molar-refractivity contribution is -0.345. The summed E-state index contributed by atoms with van der Waals surface area (Å²) >= 11 is 0. The normalized spacial score (nSPS) is 13.7. The Morgan fingerprint density at radius 1 is 0.293 bits per heavy atom. The van der Waals surface area contributed by atoms with Crippen LogP contribution in [0.25, 0.3) is 16.9 Å². The molecular formula is C90H154N2. The zero-order valence-electron chi connectivity index (χ0n) is 62.6. The Balaban J connectivity index is 1.70. The molecule has 0 fully saturated rings. The number of hydrogen-bond acceptors (Lipinski definition) is 0. The molecule has 0 N–H and O–H groups in total. The van der Waals surface area contributed by atoms with Gasteiger partial charge in [0.2, 0.25) is 11.4 Å². The minimum Gasteiger partial charge on any atom is -0.493 e. The van der Waals surface area contributed by atoms with Gasteiger partial charge < -0.3 is 5.53 Å². The highest BCUT2D eigenvalue weighted by atomic mass is 15.2. The third kappa shape index (κ3) is 41.0. The second kappa shape index (κ2) is 61.3. The summed E-state index contributed by atoms with van der Waals surface area (Å²) in [6, 6.07) is 18.4. The molecule has 0 aromatic heterocycles. The van der Waals surface area contributed by atoms with Crippen LogP contribution in [-0.2, 0) is 12.8 Å². The number of rotatable bonds is 67. The largest absolute Gasteiger partial charge is 0.493 e. The van der Waals surface area contributed by atoms with Crippen molar-refractivity contribution < 1.29 is 4.70 Å². The number of hydrogen-bond donors (Lipinski definition) is 0. The van der Waals surface area contributed by atoms with Gasteiger partial charge in [0.1, 0.15) is 0 Å². The minimum atomic E-state index is 0.676. The summed E-state index contributed by atoms with van der Waals surface area (Å²) in [6.45, 7) is 14.0. The number of nitrogens with zero attached hydrogens (tertiary/aromatic N) is 2. The SMILES string of the molecule is CCCCCCCCCCCC=CCC(CCCC)CCc1ccccc1C1=C(C=CCCCCCCCCCCCCCCCCCCCCCCCCCC)C(CCCC)=C(c2ccccc2CCC(CC=CCCCCCCCCCCC)CCCC)[N+]1=[N-]. The number of benzene rings is 2. The van der Waals surface area contributed by atoms with E-state index in [-0.39, 0.29) is 0 Å². The molecule has 524 valence electrons. The van der Waals surface area contributed by atoms with E-state index in [1.807, 2.05) is 0 Å². The van der Waals surface area contributed by atoms with E-state index >= 15 is 0 Å². The summed E-state index contributed by atoms with van der Waals surface area (Å²) in [5, 5.41) is 0. The first-order chi connectivity index (χ1) is 45.5. The summed E-state index contributed by atoms with van der Waals surface area (Å²) in [7, 11) is 0. The van der Waals surface area contributed by atoms with Gasteiger partial charge in [0, 0.05) is 16.7 Å². The summed E-state index contributed by atoms with van der Waals surface area (Å²) in [5.74, 6) is 1.36. The van der Waals surface area contributed by atoms with E-state index in [9.17, 15) is 5.53 Å². The average molecular weight is 1260 g/mol. The van der Waals surface area contributed by atoms with Crippen LogP contribution in [0.5, 0.6) is 0 Å². The van der Waals surface area contributed by atoms with E-state index in [1.54, 1.807) is 4.70 Å². The molecule has 2 heteroatoms. The summed E-state index contributed by atoms with van der Waals surface area (Å²) in [6.07, 6.45) is 95.6. The lowest BCUT2D eigenvalue weighted by Crippen LogP contribution is -2.09. The van der Waals surface area contributed by atoms with Crippen molar-refractivity contribution in [3.05, 3.63) is 124 Å². The number of aryl methyl sites for hydroxylation is 2. The van der Waals surface area contributed by atoms with Gasteiger partial charge in [0.25, 0.3) is 0 Å². The van der Waals surface area contributed by atoms with Crippen LogP contribution in [0.2, 0.25) is 0 Å². The molecule has 0 aliphatic carbocycles. The topological polar surface area (TPSA) is 25.3 Å². The molecule has 0 saturated carbocycles. The summed E-state index contributed by atoms with van der Waals surface area (Å²) in [5.41, 5.74) is 23.0. The molecule has 0 spiro atoms. The standard InChI is InChI=1S/C90H154N2/c1-7-13-19-22-25-28-31-34-35-36-37-38-39-40-41-42-43-44-45-46-47-50-53-56-59-62-76-88-87(73-18-12-6)89(85-74-65-63-71-83(85)79-77-81(67-16-10-4)69-60-57-54-51-48-32-29-26-23-20-14-8-2)92(91)90(88)86-75-66-64-72-84(86)80-78-82(68-17-11-5)70-61-58-55-52-49-33-30-27-24-21-15-9-3/h57-58,60-66,71-72,74-76,81-82H,7-56,59,67-70,73,77-80H2,1-6H3. The van der Waals surface area contributed by atoms with E-state index in [4.69, 9.17) is 0 Å². The van der Waals surface area contributed by atoms with Crippen molar-refractivity contribution >= 4 is 11.4 Å². The molecule has 3 rings (SSSR count). The Bertz CT molecular complexity index is 2160. The molecule has 2 aromatic rings.